The number of benzene rings is 1. The monoisotopic (exact) mass is 317 g/mol. The Bertz CT molecular complexity index is 572. The summed E-state index contributed by atoms with van der Waals surface area (Å²) in [5.74, 6) is -6.99. The lowest BCUT2D eigenvalue weighted by Gasteiger charge is -2.30. The molecule has 0 aromatic heterocycles. The lowest BCUT2D eigenvalue weighted by atomic mass is 9.93. The van der Waals surface area contributed by atoms with Gasteiger partial charge in [-0.25, -0.2) is 8.78 Å². The van der Waals surface area contributed by atoms with Crippen LogP contribution in [0.5, 0.6) is 5.75 Å². The molecule has 22 heavy (non-hydrogen) atoms. The molecule has 0 aliphatic heterocycles. The van der Waals surface area contributed by atoms with E-state index in [0.29, 0.717) is 31.9 Å². The molecule has 4 nitrogen and oxygen atoms in total. The molecule has 0 radical (unpaired) electrons. The molecule has 0 spiro atoms. The smallest absolute Gasteiger partial charge is 0.254 e. The van der Waals surface area contributed by atoms with Crippen LogP contribution < -0.4 is 5.32 Å². The van der Waals surface area contributed by atoms with E-state index in [9.17, 15) is 23.1 Å². The maximum atomic E-state index is 13.8. The van der Waals surface area contributed by atoms with E-state index in [1.165, 1.54) is 7.11 Å². The average molecular weight is 317 g/mol. The number of hydrogen-bond donors (Lipinski definition) is 2. The summed E-state index contributed by atoms with van der Waals surface area (Å²) in [6, 6.07) is 0.457. The number of hydrogen-bond acceptors (Lipinski definition) is 3. The second-order valence-corrected chi connectivity index (χ2v) is 5.57. The molecule has 122 valence electrons. The molecule has 0 heterocycles. The van der Waals surface area contributed by atoms with Crippen molar-refractivity contribution >= 4 is 5.91 Å². The van der Waals surface area contributed by atoms with E-state index in [4.69, 9.17) is 4.74 Å². The van der Waals surface area contributed by atoms with Crippen molar-refractivity contribution in [1.82, 2.24) is 5.32 Å². The van der Waals surface area contributed by atoms with Crippen LogP contribution >= 0.6 is 0 Å². The quantitative estimate of drug-likeness (QED) is 0.821. The Labute approximate surface area is 126 Å². The maximum Gasteiger partial charge on any atom is 0.254 e. The number of amides is 1. The van der Waals surface area contributed by atoms with E-state index >= 15 is 0 Å². The summed E-state index contributed by atoms with van der Waals surface area (Å²) in [4.78, 5) is 12.2. The number of halogens is 3. The Morgan fingerprint density at radius 1 is 1.32 bits per heavy atom. The number of aromatic hydroxyl groups is 1. The molecule has 2 rings (SSSR count). The number of ether oxygens (including phenoxy) is 1. The summed E-state index contributed by atoms with van der Waals surface area (Å²) in [5.41, 5.74) is -1.25. The summed E-state index contributed by atoms with van der Waals surface area (Å²) < 4.78 is 45.2. The molecule has 1 fully saturated rings. The lowest BCUT2D eigenvalue weighted by Crippen LogP contribution is -2.47. The molecular weight excluding hydrogens is 299 g/mol. The van der Waals surface area contributed by atoms with E-state index < -0.39 is 40.2 Å². The summed E-state index contributed by atoms with van der Waals surface area (Å²) in [5, 5.41) is 11.9. The number of phenols is 1. The third-order valence-corrected chi connectivity index (χ3v) is 4.10. The standard InChI is InChI=1S/C15H18F3NO3/c1-22-7-6-15(4-2-3-5-15)19-14(21)9-8-10(16)12(18)13(20)11(9)17/h8,20H,2-7H2,1H3,(H,19,21). The van der Waals surface area contributed by atoms with Gasteiger partial charge in [-0.2, -0.15) is 4.39 Å². The van der Waals surface area contributed by atoms with Gasteiger partial charge < -0.3 is 15.2 Å². The Morgan fingerprint density at radius 2 is 1.95 bits per heavy atom. The third kappa shape index (κ3) is 3.19. The molecule has 0 unspecified atom stereocenters. The van der Waals surface area contributed by atoms with Gasteiger partial charge in [0.2, 0.25) is 5.82 Å². The minimum Gasteiger partial charge on any atom is -0.503 e. The third-order valence-electron chi connectivity index (χ3n) is 4.10. The van der Waals surface area contributed by atoms with E-state index in [2.05, 4.69) is 5.32 Å². The SMILES string of the molecule is COCCC1(NC(=O)c2cc(F)c(F)c(O)c2F)CCCC1. The zero-order chi connectivity index (χ0) is 16.3. The van der Waals surface area contributed by atoms with Crippen LogP contribution in [0.2, 0.25) is 0 Å². The Hall–Kier alpha value is -1.76. The molecular formula is C15H18F3NO3. The van der Waals surface area contributed by atoms with Gasteiger partial charge in [0.05, 0.1) is 5.56 Å². The van der Waals surface area contributed by atoms with Gasteiger partial charge >= 0.3 is 0 Å². The maximum absolute atomic E-state index is 13.8. The Kier molecular flexibility index (Phi) is 4.95. The molecule has 1 aromatic rings. The number of carbonyl (C=O) groups is 1. The van der Waals surface area contributed by atoms with Crippen molar-refractivity contribution in [1.29, 1.82) is 0 Å². The first kappa shape index (κ1) is 16.6. The van der Waals surface area contributed by atoms with E-state index in [1.807, 2.05) is 0 Å². The van der Waals surface area contributed by atoms with Crippen LogP contribution in [0, 0.1) is 17.5 Å². The Morgan fingerprint density at radius 3 is 2.55 bits per heavy atom. The fourth-order valence-electron chi connectivity index (χ4n) is 2.85. The first-order chi connectivity index (χ1) is 10.4. The second-order valence-electron chi connectivity index (χ2n) is 5.57. The zero-order valence-electron chi connectivity index (χ0n) is 12.2. The van der Waals surface area contributed by atoms with Crippen LogP contribution in [0.1, 0.15) is 42.5 Å². The van der Waals surface area contributed by atoms with Gasteiger partial charge in [0.25, 0.3) is 5.91 Å². The summed E-state index contributed by atoms with van der Waals surface area (Å²) in [7, 11) is 1.54. The number of nitrogens with one attached hydrogen (secondary N) is 1. The number of phenolic OH excluding ortho intramolecular Hbond substituents is 1. The highest BCUT2D eigenvalue weighted by Gasteiger charge is 2.36. The van der Waals surface area contributed by atoms with Gasteiger partial charge in [0, 0.05) is 19.3 Å². The predicted molar refractivity (Wildman–Crippen MR) is 73.1 cm³/mol. The lowest BCUT2D eigenvalue weighted by molar-refractivity contribution is 0.0859. The molecule has 7 heteroatoms. The molecule has 0 bridgehead atoms. The van der Waals surface area contributed by atoms with Crippen molar-refractivity contribution in [3.63, 3.8) is 0 Å². The van der Waals surface area contributed by atoms with Crippen molar-refractivity contribution in [2.45, 2.75) is 37.6 Å². The van der Waals surface area contributed by atoms with Crippen LogP contribution in [-0.2, 0) is 4.74 Å². The van der Waals surface area contributed by atoms with Crippen molar-refractivity contribution in [2.75, 3.05) is 13.7 Å². The summed E-state index contributed by atoms with van der Waals surface area (Å²) >= 11 is 0. The number of carbonyl (C=O) groups excluding carboxylic acids is 1. The van der Waals surface area contributed by atoms with Crippen molar-refractivity contribution in [3.05, 3.63) is 29.1 Å². The fraction of sp³-hybridized carbons (Fsp3) is 0.533. The van der Waals surface area contributed by atoms with Crippen molar-refractivity contribution in [3.8, 4) is 5.75 Å². The van der Waals surface area contributed by atoms with E-state index in [-0.39, 0.29) is 0 Å². The van der Waals surface area contributed by atoms with Gasteiger partial charge in [0.15, 0.2) is 17.4 Å². The molecule has 1 aliphatic rings. The van der Waals surface area contributed by atoms with Gasteiger partial charge in [-0.3, -0.25) is 4.79 Å². The van der Waals surface area contributed by atoms with Crippen LogP contribution in [0.3, 0.4) is 0 Å². The fourth-order valence-corrected chi connectivity index (χ4v) is 2.85. The van der Waals surface area contributed by atoms with Crippen LogP contribution in [0.25, 0.3) is 0 Å². The highest BCUT2D eigenvalue weighted by atomic mass is 19.2. The van der Waals surface area contributed by atoms with Gasteiger partial charge in [-0.05, 0) is 25.3 Å². The summed E-state index contributed by atoms with van der Waals surface area (Å²) in [6.07, 6.45) is 3.79. The zero-order valence-corrected chi connectivity index (χ0v) is 12.2. The predicted octanol–water partition coefficient (Wildman–Crippen LogP) is 2.89. The van der Waals surface area contributed by atoms with E-state index in [0.717, 1.165) is 12.8 Å². The largest absolute Gasteiger partial charge is 0.503 e. The minimum atomic E-state index is -1.70. The Balaban J connectivity index is 2.24. The topological polar surface area (TPSA) is 58.6 Å². The molecule has 1 aromatic carbocycles. The molecule has 1 saturated carbocycles. The van der Waals surface area contributed by atoms with Crippen molar-refractivity contribution < 1.29 is 27.8 Å². The van der Waals surface area contributed by atoms with E-state index in [1.54, 1.807) is 0 Å². The first-order valence-electron chi connectivity index (χ1n) is 7.08. The second kappa shape index (κ2) is 6.56. The van der Waals surface area contributed by atoms with Gasteiger partial charge in [-0.15, -0.1) is 0 Å². The summed E-state index contributed by atoms with van der Waals surface area (Å²) in [6.45, 7) is 0.422. The normalized spacial score (nSPS) is 16.7. The highest BCUT2D eigenvalue weighted by Crippen LogP contribution is 2.33. The van der Waals surface area contributed by atoms with Crippen molar-refractivity contribution in [2.24, 2.45) is 0 Å². The van der Waals surface area contributed by atoms with Crippen LogP contribution in [0.15, 0.2) is 6.07 Å². The van der Waals surface area contributed by atoms with Crippen LogP contribution in [0.4, 0.5) is 13.2 Å². The minimum absolute atomic E-state index is 0.422. The average Bonchev–Trinajstić information content (AvgIpc) is 2.95. The molecule has 1 aliphatic carbocycles. The number of rotatable bonds is 5. The first-order valence-corrected chi connectivity index (χ1v) is 7.08. The van der Waals surface area contributed by atoms with Crippen LogP contribution in [-0.4, -0.2) is 30.3 Å². The molecule has 0 saturated heterocycles. The number of methoxy groups -OCH3 is 1. The molecule has 2 N–H and O–H groups in total. The van der Waals surface area contributed by atoms with Gasteiger partial charge in [-0.1, -0.05) is 12.8 Å². The molecule has 0 atom stereocenters. The molecule has 1 amide bonds. The van der Waals surface area contributed by atoms with Gasteiger partial charge in [0.1, 0.15) is 0 Å². The highest BCUT2D eigenvalue weighted by molar-refractivity contribution is 5.95.